The summed E-state index contributed by atoms with van der Waals surface area (Å²) in [5.74, 6) is 0.0678. The van der Waals surface area contributed by atoms with E-state index in [1.165, 1.54) is 22.5 Å². The molecule has 1 heterocycles. The van der Waals surface area contributed by atoms with Crippen LogP contribution < -0.4 is 5.32 Å². The molecule has 0 aliphatic carbocycles. The molecule has 0 saturated carbocycles. The Morgan fingerprint density at radius 2 is 2.00 bits per heavy atom. The van der Waals surface area contributed by atoms with Crippen LogP contribution in [-0.2, 0) is 10.0 Å². The maximum Gasteiger partial charge on any atom is 0.244 e. The fourth-order valence-corrected chi connectivity index (χ4v) is 5.01. The zero-order valence-corrected chi connectivity index (χ0v) is 15.6. The molecule has 0 amide bonds. The lowest BCUT2D eigenvalue weighted by Crippen LogP contribution is -2.40. The first-order chi connectivity index (χ1) is 9.95. The number of halogens is 3. The second-order valence-electron chi connectivity index (χ2n) is 5.23. The molecule has 8 heteroatoms. The van der Waals surface area contributed by atoms with E-state index in [1.54, 1.807) is 0 Å². The Kier molecular flexibility index (Phi) is 7.74. The summed E-state index contributed by atoms with van der Waals surface area (Å²) in [5.41, 5.74) is 0. The monoisotopic (exact) mass is 414 g/mol. The summed E-state index contributed by atoms with van der Waals surface area (Å²) >= 11 is 3.14. The van der Waals surface area contributed by atoms with E-state index in [-0.39, 0.29) is 21.8 Å². The molecule has 1 aliphatic rings. The van der Waals surface area contributed by atoms with Crippen LogP contribution in [0, 0.1) is 11.7 Å². The van der Waals surface area contributed by atoms with Gasteiger partial charge in [0, 0.05) is 17.6 Å². The zero-order chi connectivity index (χ0) is 15.5. The molecule has 1 aromatic carbocycles. The van der Waals surface area contributed by atoms with Crippen LogP contribution in [0.1, 0.15) is 19.8 Å². The average Bonchev–Trinajstić information content (AvgIpc) is 2.45. The minimum Gasteiger partial charge on any atom is -0.317 e. The van der Waals surface area contributed by atoms with E-state index in [4.69, 9.17) is 0 Å². The standard InChI is InChI=1S/C14H20BrFN2O2S.ClH/c1-2-17-10-11-5-7-18(8-6-11)21(19,20)14-4-3-12(16)9-13(14)15;/h3-4,9,11,17H,2,5-8,10H2,1H3;1H. The fourth-order valence-electron chi connectivity index (χ4n) is 2.53. The summed E-state index contributed by atoms with van der Waals surface area (Å²) in [4.78, 5) is 0.133. The van der Waals surface area contributed by atoms with Gasteiger partial charge in [-0.3, -0.25) is 0 Å². The highest BCUT2D eigenvalue weighted by molar-refractivity contribution is 9.10. The topological polar surface area (TPSA) is 49.4 Å². The van der Waals surface area contributed by atoms with Gasteiger partial charge in [-0.2, -0.15) is 4.31 Å². The van der Waals surface area contributed by atoms with Gasteiger partial charge in [0.15, 0.2) is 0 Å². The molecule has 0 bridgehead atoms. The predicted molar refractivity (Wildman–Crippen MR) is 91.4 cm³/mol. The average molecular weight is 416 g/mol. The van der Waals surface area contributed by atoms with Crippen molar-refractivity contribution in [2.75, 3.05) is 26.2 Å². The molecule has 1 aromatic rings. The highest BCUT2D eigenvalue weighted by atomic mass is 79.9. The number of nitrogens with zero attached hydrogens (tertiary/aromatic N) is 1. The van der Waals surface area contributed by atoms with E-state index in [2.05, 4.69) is 28.2 Å². The van der Waals surface area contributed by atoms with Crippen molar-refractivity contribution in [3.8, 4) is 0 Å². The molecule has 0 unspecified atom stereocenters. The molecule has 1 aliphatic heterocycles. The Bertz CT molecular complexity index is 593. The van der Waals surface area contributed by atoms with Crippen LogP contribution in [0.2, 0.25) is 0 Å². The Morgan fingerprint density at radius 3 is 2.55 bits per heavy atom. The van der Waals surface area contributed by atoms with Gasteiger partial charge in [-0.15, -0.1) is 12.4 Å². The number of benzene rings is 1. The van der Waals surface area contributed by atoms with E-state index >= 15 is 0 Å². The van der Waals surface area contributed by atoms with Crippen LogP contribution >= 0.6 is 28.3 Å². The molecule has 1 fully saturated rings. The Hall–Kier alpha value is -0.210. The summed E-state index contributed by atoms with van der Waals surface area (Å²) in [7, 11) is -3.55. The van der Waals surface area contributed by atoms with E-state index in [9.17, 15) is 12.8 Å². The number of hydrogen-bond donors (Lipinski definition) is 1. The summed E-state index contributed by atoms with van der Waals surface area (Å²) < 4.78 is 40.1. The minimum atomic E-state index is -3.55. The summed E-state index contributed by atoms with van der Waals surface area (Å²) in [5, 5.41) is 3.30. The Labute approximate surface area is 146 Å². The first-order valence-electron chi connectivity index (χ1n) is 7.11. The first kappa shape index (κ1) is 19.8. The van der Waals surface area contributed by atoms with Crippen LogP contribution in [0.3, 0.4) is 0 Å². The van der Waals surface area contributed by atoms with Crippen molar-refractivity contribution in [3.63, 3.8) is 0 Å². The summed E-state index contributed by atoms with van der Waals surface area (Å²) in [6.45, 7) is 4.96. The zero-order valence-electron chi connectivity index (χ0n) is 12.4. The van der Waals surface area contributed by atoms with Gasteiger partial charge >= 0.3 is 0 Å². The van der Waals surface area contributed by atoms with Crippen molar-refractivity contribution < 1.29 is 12.8 Å². The van der Waals surface area contributed by atoms with E-state index in [1.807, 2.05) is 0 Å². The lowest BCUT2D eigenvalue weighted by Gasteiger charge is -2.31. The number of sulfonamides is 1. The van der Waals surface area contributed by atoms with Crippen molar-refractivity contribution in [1.29, 1.82) is 0 Å². The highest BCUT2D eigenvalue weighted by Gasteiger charge is 2.30. The second-order valence-corrected chi connectivity index (χ2v) is 7.99. The van der Waals surface area contributed by atoms with Crippen molar-refractivity contribution in [1.82, 2.24) is 9.62 Å². The Balaban J connectivity index is 0.00000242. The molecule has 126 valence electrons. The molecule has 2 rings (SSSR count). The molecule has 22 heavy (non-hydrogen) atoms. The van der Waals surface area contributed by atoms with Gasteiger partial charge in [0.2, 0.25) is 10.0 Å². The summed E-state index contributed by atoms with van der Waals surface area (Å²) in [6.07, 6.45) is 1.70. The number of rotatable bonds is 5. The molecule has 0 spiro atoms. The first-order valence-corrected chi connectivity index (χ1v) is 9.34. The minimum absolute atomic E-state index is 0. The van der Waals surface area contributed by atoms with Gasteiger partial charge < -0.3 is 5.32 Å². The van der Waals surface area contributed by atoms with Gasteiger partial charge in [-0.25, -0.2) is 12.8 Å². The molecule has 0 aromatic heterocycles. The maximum absolute atomic E-state index is 13.1. The highest BCUT2D eigenvalue weighted by Crippen LogP contribution is 2.28. The van der Waals surface area contributed by atoms with Crippen LogP contribution in [0.4, 0.5) is 4.39 Å². The van der Waals surface area contributed by atoms with Crippen LogP contribution in [0.5, 0.6) is 0 Å². The van der Waals surface area contributed by atoms with Gasteiger partial charge in [0.25, 0.3) is 0 Å². The van der Waals surface area contributed by atoms with Crippen molar-refractivity contribution in [2.45, 2.75) is 24.7 Å². The summed E-state index contributed by atoms with van der Waals surface area (Å²) in [6, 6.07) is 3.68. The van der Waals surface area contributed by atoms with Gasteiger partial charge in [0.05, 0.1) is 4.90 Å². The van der Waals surface area contributed by atoms with E-state index < -0.39 is 15.8 Å². The lowest BCUT2D eigenvalue weighted by atomic mass is 9.98. The third kappa shape index (κ3) is 4.64. The van der Waals surface area contributed by atoms with Crippen LogP contribution in [-0.4, -0.2) is 38.9 Å². The third-order valence-electron chi connectivity index (χ3n) is 3.77. The van der Waals surface area contributed by atoms with Crippen LogP contribution in [0.25, 0.3) is 0 Å². The SMILES string of the molecule is CCNCC1CCN(S(=O)(=O)c2ccc(F)cc2Br)CC1.Cl. The molecule has 4 nitrogen and oxygen atoms in total. The van der Waals surface area contributed by atoms with Crippen LogP contribution in [0.15, 0.2) is 27.6 Å². The fraction of sp³-hybridized carbons (Fsp3) is 0.571. The number of hydrogen-bond acceptors (Lipinski definition) is 3. The Morgan fingerprint density at radius 1 is 1.36 bits per heavy atom. The molecule has 1 saturated heterocycles. The molecular formula is C14H21BrClFN2O2S. The predicted octanol–water partition coefficient (Wildman–Crippen LogP) is 3.02. The van der Waals surface area contributed by atoms with E-state index in [0.717, 1.165) is 25.9 Å². The molecule has 0 radical (unpaired) electrons. The van der Waals surface area contributed by atoms with Gasteiger partial charge in [-0.1, -0.05) is 6.92 Å². The molecular weight excluding hydrogens is 395 g/mol. The maximum atomic E-state index is 13.1. The molecule has 1 N–H and O–H groups in total. The van der Waals surface area contributed by atoms with Crippen molar-refractivity contribution in [3.05, 3.63) is 28.5 Å². The normalized spacial score (nSPS) is 17.2. The largest absolute Gasteiger partial charge is 0.317 e. The van der Waals surface area contributed by atoms with Crippen molar-refractivity contribution >= 4 is 38.4 Å². The molecule has 0 atom stereocenters. The number of piperidine rings is 1. The van der Waals surface area contributed by atoms with Gasteiger partial charge in [-0.05, 0) is 66.0 Å². The quantitative estimate of drug-likeness (QED) is 0.804. The van der Waals surface area contributed by atoms with Gasteiger partial charge in [0.1, 0.15) is 5.82 Å². The van der Waals surface area contributed by atoms with Crippen molar-refractivity contribution in [2.24, 2.45) is 5.92 Å². The number of nitrogens with one attached hydrogen (secondary N) is 1. The second kappa shape index (κ2) is 8.59. The lowest BCUT2D eigenvalue weighted by molar-refractivity contribution is 0.268. The third-order valence-corrected chi connectivity index (χ3v) is 6.64. The smallest absolute Gasteiger partial charge is 0.244 e. The van der Waals surface area contributed by atoms with E-state index in [0.29, 0.717) is 19.0 Å².